The molecule has 0 fully saturated rings. The third kappa shape index (κ3) is 5.58. The molecule has 0 heterocycles. The lowest BCUT2D eigenvalue weighted by Crippen LogP contribution is -2.20. The molecule has 0 aliphatic heterocycles. The molecule has 0 spiro atoms. The van der Waals surface area contributed by atoms with Crippen molar-refractivity contribution in [2.75, 3.05) is 6.61 Å². The minimum atomic E-state index is -1.00. The van der Waals surface area contributed by atoms with Crippen molar-refractivity contribution in [1.82, 2.24) is 0 Å². The Kier molecular flexibility index (Phi) is 6.40. The van der Waals surface area contributed by atoms with E-state index in [-0.39, 0.29) is 24.0 Å². The quantitative estimate of drug-likeness (QED) is 0.705. The minimum absolute atomic E-state index is 0.0174. The van der Waals surface area contributed by atoms with Crippen molar-refractivity contribution in [3.63, 3.8) is 0 Å². The van der Waals surface area contributed by atoms with E-state index in [0.29, 0.717) is 5.75 Å². The summed E-state index contributed by atoms with van der Waals surface area (Å²) in [4.78, 5) is 10.8. The molecule has 2 aromatic carbocycles. The van der Waals surface area contributed by atoms with Crippen molar-refractivity contribution in [2.45, 2.75) is 44.8 Å². The summed E-state index contributed by atoms with van der Waals surface area (Å²) in [7, 11) is 0. The summed E-state index contributed by atoms with van der Waals surface area (Å²) in [5.41, 5.74) is 2.16. The van der Waals surface area contributed by atoms with Gasteiger partial charge in [-0.25, -0.2) is 4.79 Å². The highest BCUT2D eigenvalue weighted by Crippen LogP contribution is 2.25. The fourth-order valence-electron chi connectivity index (χ4n) is 2.55. The Morgan fingerprint density at radius 2 is 1.58 bits per heavy atom. The van der Waals surface area contributed by atoms with Crippen LogP contribution in [0, 0.1) is 0 Å². The van der Waals surface area contributed by atoms with Gasteiger partial charge in [-0.05, 0) is 40.8 Å². The molecule has 26 heavy (non-hydrogen) atoms. The first kappa shape index (κ1) is 19.9. The summed E-state index contributed by atoms with van der Waals surface area (Å²) in [5, 5.41) is 29.2. The van der Waals surface area contributed by atoms with Crippen molar-refractivity contribution in [2.24, 2.45) is 0 Å². The normalized spacial score (nSPS) is 13.9. The van der Waals surface area contributed by atoms with E-state index in [0.717, 1.165) is 5.56 Å². The first-order valence-corrected chi connectivity index (χ1v) is 8.59. The van der Waals surface area contributed by atoms with Crippen LogP contribution in [-0.2, 0) is 5.41 Å². The molecule has 0 aliphatic rings. The van der Waals surface area contributed by atoms with E-state index in [9.17, 15) is 15.0 Å². The molecule has 2 unspecified atom stereocenters. The van der Waals surface area contributed by atoms with E-state index in [2.05, 4.69) is 20.8 Å². The average molecular weight is 358 g/mol. The first-order valence-electron chi connectivity index (χ1n) is 8.59. The van der Waals surface area contributed by atoms with E-state index in [1.807, 2.05) is 24.3 Å². The zero-order chi connectivity index (χ0) is 19.3. The van der Waals surface area contributed by atoms with Crippen LogP contribution in [0.3, 0.4) is 0 Å². The number of carboxylic acid groups (broad SMARTS) is 1. The highest BCUT2D eigenvalue weighted by atomic mass is 16.5. The van der Waals surface area contributed by atoms with E-state index in [1.165, 1.54) is 29.8 Å². The monoisotopic (exact) mass is 358 g/mol. The topological polar surface area (TPSA) is 87.0 Å². The predicted octanol–water partition coefficient (Wildman–Crippen LogP) is 3.55. The lowest BCUT2D eigenvalue weighted by atomic mass is 9.86. The number of carboxylic acids is 1. The molecule has 2 atom stereocenters. The first-order chi connectivity index (χ1) is 12.2. The van der Waals surface area contributed by atoms with Gasteiger partial charge < -0.3 is 20.1 Å². The maximum Gasteiger partial charge on any atom is 0.335 e. The molecule has 0 bridgehead atoms. The summed E-state index contributed by atoms with van der Waals surface area (Å²) in [6.07, 6.45) is -1.47. The third-order valence-corrected chi connectivity index (χ3v) is 4.20. The second-order valence-corrected chi connectivity index (χ2v) is 7.42. The van der Waals surface area contributed by atoms with Crippen LogP contribution in [0.25, 0.3) is 0 Å². The van der Waals surface area contributed by atoms with Crippen molar-refractivity contribution < 1.29 is 24.9 Å². The van der Waals surface area contributed by atoms with Gasteiger partial charge in [0.1, 0.15) is 12.4 Å². The molecule has 0 aromatic heterocycles. The number of hydrogen-bond donors (Lipinski definition) is 3. The summed E-state index contributed by atoms with van der Waals surface area (Å²) < 4.78 is 5.45. The third-order valence-electron chi connectivity index (χ3n) is 4.20. The Balaban J connectivity index is 1.86. The number of aliphatic hydroxyl groups is 2. The largest absolute Gasteiger partial charge is 0.491 e. The highest BCUT2D eigenvalue weighted by molar-refractivity contribution is 5.87. The van der Waals surface area contributed by atoms with Gasteiger partial charge in [0.15, 0.2) is 0 Å². The molecular weight excluding hydrogens is 332 g/mol. The number of ether oxygens (including phenoxy) is 1. The molecule has 5 heteroatoms. The SMILES string of the molecule is CC(C)(C)c1ccc(C(O)CC(O)COc2ccc(C(=O)O)cc2)cc1. The van der Waals surface area contributed by atoms with Crippen LogP contribution >= 0.6 is 0 Å². The van der Waals surface area contributed by atoms with Gasteiger partial charge in [-0.2, -0.15) is 0 Å². The predicted molar refractivity (Wildman–Crippen MR) is 99.6 cm³/mol. The minimum Gasteiger partial charge on any atom is -0.491 e. The fourth-order valence-corrected chi connectivity index (χ4v) is 2.55. The van der Waals surface area contributed by atoms with Crippen molar-refractivity contribution in [3.05, 3.63) is 65.2 Å². The van der Waals surface area contributed by atoms with E-state index in [1.54, 1.807) is 0 Å². The van der Waals surface area contributed by atoms with Crippen molar-refractivity contribution >= 4 is 5.97 Å². The van der Waals surface area contributed by atoms with Gasteiger partial charge >= 0.3 is 5.97 Å². The molecule has 0 aliphatic carbocycles. The Labute approximate surface area is 153 Å². The van der Waals surface area contributed by atoms with Crippen LogP contribution in [0.1, 0.15) is 54.8 Å². The van der Waals surface area contributed by atoms with E-state index >= 15 is 0 Å². The molecule has 0 saturated carbocycles. The van der Waals surface area contributed by atoms with Gasteiger partial charge in [0.05, 0.1) is 17.8 Å². The number of rotatable bonds is 7. The van der Waals surface area contributed by atoms with Gasteiger partial charge in [-0.15, -0.1) is 0 Å². The molecule has 5 nitrogen and oxygen atoms in total. The maximum atomic E-state index is 10.8. The van der Waals surface area contributed by atoms with Crippen LogP contribution in [-0.4, -0.2) is 34.0 Å². The fraction of sp³-hybridized carbons (Fsp3) is 0.381. The average Bonchev–Trinajstić information content (AvgIpc) is 2.59. The van der Waals surface area contributed by atoms with Gasteiger partial charge in [-0.3, -0.25) is 0 Å². The second-order valence-electron chi connectivity index (χ2n) is 7.42. The van der Waals surface area contributed by atoms with E-state index < -0.39 is 18.2 Å². The smallest absolute Gasteiger partial charge is 0.335 e. The maximum absolute atomic E-state index is 10.8. The number of carbonyl (C=O) groups is 1. The van der Waals surface area contributed by atoms with Gasteiger partial charge in [-0.1, -0.05) is 45.0 Å². The van der Waals surface area contributed by atoms with Crippen LogP contribution in [0.2, 0.25) is 0 Å². The lowest BCUT2D eigenvalue weighted by Gasteiger charge is -2.21. The Morgan fingerprint density at radius 1 is 1.00 bits per heavy atom. The van der Waals surface area contributed by atoms with Crippen LogP contribution in [0.5, 0.6) is 5.75 Å². The number of aliphatic hydroxyl groups excluding tert-OH is 2. The van der Waals surface area contributed by atoms with Crippen LogP contribution in [0.15, 0.2) is 48.5 Å². The summed E-state index contributed by atoms with van der Waals surface area (Å²) in [6, 6.07) is 13.7. The van der Waals surface area contributed by atoms with Crippen molar-refractivity contribution in [3.8, 4) is 5.75 Å². The zero-order valence-corrected chi connectivity index (χ0v) is 15.3. The van der Waals surface area contributed by atoms with Crippen molar-refractivity contribution in [1.29, 1.82) is 0 Å². The summed E-state index contributed by atoms with van der Waals surface area (Å²) in [5.74, 6) is -0.532. The van der Waals surface area contributed by atoms with Gasteiger partial charge in [0, 0.05) is 6.42 Å². The molecule has 0 saturated heterocycles. The van der Waals surface area contributed by atoms with E-state index in [4.69, 9.17) is 9.84 Å². The van der Waals surface area contributed by atoms with Crippen LogP contribution < -0.4 is 4.74 Å². The molecule has 3 N–H and O–H groups in total. The zero-order valence-electron chi connectivity index (χ0n) is 15.3. The van der Waals surface area contributed by atoms with Gasteiger partial charge in [0.25, 0.3) is 0 Å². The number of benzene rings is 2. The Morgan fingerprint density at radius 3 is 2.08 bits per heavy atom. The summed E-state index contributed by atoms with van der Waals surface area (Å²) in [6.45, 7) is 6.40. The number of hydrogen-bond acceptors (Lipinski definition) is 4. The standard InChI is InChI=1S/C21H26O5/c1-21(2,3)16-8-4-14(5-9-16)19(23)12-17(22)13-26-18-10-6-15(7-11-18)20(24)25/h4-11,17,19,22-23H,12-13H2,1-3H3,(H,24,25). The molecule has 0 amide bonds. The molecule has 0 radical (unpaired) electrons. The molecule has 140 valence electrons. The molecular formula is C21H26O5. The molecule has 2 rings (SSSR count). The number of aromatic carboxylic acids is 1. The lowest BCUT2D eigenvalue weighted by molar-refractivity contribution is 0.0485. The van der Waals surface area contributed by atoms with Gasteiger partial charge in [0.2, 0.25) is 0 Å². The molecule has 2 aromatic rings. The second kappa shape index (κ2) is 8.34. The highest BCUT2D eigenvalue weighted by Gasteiger charge is 2.17. The Bertz CT molecular complexity index is 714. The Hall–Kier alpha value is -2.37. The van der Waals surface area contributed by atoms with Crippen LogP contribution in [0.4, 0.5) is 0 Å². The summed E-state index contributed by atoms with van der Waals surface area (Å²) >= 11 is 0.